The first-order valence-electron chi connectivity index (χ1n) is 10.7. The van der Waals surface area contributed by atoms with E-state index in [1.165, 1.54) is 31.3 Å². The molecule has 0 bridgehead atoms. The minimum absolute atomic E-state index is 0.0501. The van der Waals surface area contributed by atoms with Crippen LogP contribution in [-0.2, 0) is 27.7 Å². The van der Waals surface area contributed by atoms with Gasteiger partial charge in [-0.3, -0.25) is 4.79 Å². The Hall–Kier alpha value is -3.43. The lowest BCUT2D eigenvalue weighted by Crippen LogP contribution is -2.19. The zero-order valence-corrected chi connectivity index (χ0v) is 20.4. The highest BCUT2D eigenvalue weighted by molar-refractivity contribution is 7.89. The van der Waals surface area contributed by atoms with Gasteiger partial charge in [-0.1, -0.05) is 18.2 Å². The van der Waals surface area contributed by atoms with Gasteiger partial charge < -0.3 is 14.0 Å². The number of nitrogens with one attached hydrogen (secondary N) is 1. The smallest absolute Gasteiger partial charge is 0.338 e. The fraction of sp³-hybridized carbons (Fsp3) is 0.280. The van der Waals surface area contributed by atoms with Crippen molar-refractivity contribution in [3.8, 4) is 5.75 Å². The van der Waals surface area contributed by atoms with Crippen molar-refractivity contribution in [2.24, 2.45) is 0 Å². The summed E-state index contributed by atoms with van der Waals surface area (Å²) in [6.07, 6.45) is 0.787. The SMILES string of the molecule is CNS(=O)(=O)c1cccc(C(=O)OCC(=O)c2cc(C)n(CCc3ccc(OC)cc3)c2C)c1. The summed E-state index contributed by atoms with van der Waals surface area (Å²) in [6.45, 7) is 4.05. The summed E-state index contributed by atoms with van der Waals surface area (Å²) in [5, 5.41) is 0. The molecule has 0 aliphatic rings. The number of rotatable bonds is 10. The molecular weight excluding hydrogens is 456 g/mol. The first-order valence-corrected chi connectivity index (χ1v) is 12.2. The number of sulfonamides is 1. The maximum atomic E-state index is 12.8. The lowest BCUT2D eigenvalue weighted by Gasteiger charge is -2.10. The third-order valence-electron chi connectivity index (χ3n) is 5.64. The van der Waals surface area contributed by atoms with Crippen LogP contribution in [0.1, 0.15) is 37.7 Å². The molecule has 0 aliphatic carbocycles. The van der Waals surface area contributed by atoms with Crippen molar-refractivity contribution in [2.45, 2.75) is 31.7 Å². The maximum Gasteiger partial charge on any atom is 0.338 e. The van der Waals surface area contributed by atoms with E-state index in [2.05, 4.69) is 9.29 Å². The number of methoxy groups -OCH3 is 1. The van der Waals surface area contributed by atoms with Crippen LogP contribution in [0.4, 0.5) is 0 Å². The molecule has 2 aromatic carbocycles. The minimum atomic E-state index is -3.70. The molecule has 0 aliphatic heterocycles. The van der Waals surface area contributed by atoms with Crippen molar-refractivity contribution < 1.29 is 27.5 Å². The number of carbonyl (C=O) groups excluding carboxylic acids is 2. The molecule has 0 radical (unpaired) electrons. The second kappa shape index (κ2) is 10.7. The number of hydrogen-bond donors (Lipinski definition) is 1. The molecule has 0 atom stereocenters. The number of ether oxygens (including phenoxy) is 2. The third-order valence-corrected chi connectivity index (χ3v) is 7.05. The van der Waals surface area contributed by atoms with E-state index in [1.54, 1.807) is 13.2 Å². The molecule has 0 saturated carbocycles. The van der Waals surface area contributed by atoms with Crippen molar-refractivity contribution in [1.82, 2.24) is 9.29 Å². The summed E-state index contributed by atoms with van der Waals surface area (Å²) in [4.78, 5) is 25.1. The second-order valence-electron chi connectivity index (χ2n) is 7.77. The number of ketones is 1. The van der Waals surface area contributed by atoms with Gasteiger partial charge in [0.25, 0.3) is 0 Å². The van der Waals surface area contributed by atoms with Crippen LogP contribution in [0.3, 0.4) is 0 Å². The summed E-state index contributed by atoms with van der Waals surface area (Å²) in [5.41, 5.74) is 3.43. The van der Waals surface area contributed by atoms with Crippen molar-refractivity contribution in [2.75, 3.05) is 20.8 Å². The highest BCUT2D eigenvalue weighted by Crippen LogP contribution is 2.19. The molecular formula is C25H28N2O6S. The van der Waals surface area contributed by atoms with Gasteiger partial charge in [-0.15, -0.1) is 0 Å². The molecule has 3 rings (SSSR count). The maximum absolute atomic E-state index is 12.8. The van der Waals surface area contributed by atoms with Crippen LogP contribution >= 0.6 is 0 Å². The average molecular weight is 485 g/mol. The number of Topliss-reactive ketones (excluding diaryl/α,β-unsaturated/α-hetero) is 1. The Bertz CT molecular complexity index is 1290. The molecule has 1 N–H and O–H groups in total. The lowest BCUT2D eigenvalue weighted by molar-refractivity contribution is 0.0474. The van der Waals surface area contributed by atoms with E-state index in [4.69, 9.17) is 9.47 Å². The highest BCUT2D eigenvalue weighted by atomic mass is 32.2. The van der Waals surface area contributed by atoms with Gasteiger partial charge in [0, 0.05) is 23.5 Å². The summed E-state index contributed by atoms with van der Waals surface area (Å²) < 4.78 is 38.5. The van der Waals surface area contributed by atoms with Crippen LogP contribution < -0.4 is 9.46 Å². The third kappa shape index (κ3) is 5.73. The van der Waals surface area contributed by atoms with Crippen LogP contribution in [0.25, 0.3) is 0 Å². The molecule has 0 unspecified atom stereocenters. The zero-order chi connectivity index (χ0) is 24.9. The predicted molar refractivity (Wildman–Crippen MR) is 128 cm³/mol. The van der Waals surface area contributed by atoms with E-state index in [-0.39, 0.29) is 16.2 Å². The molecule has 180 valence electrons. The van der Waals surface area contributed by atoms with Crippen LogP contribution in [0, 0.1) is 13.8 Å². The van der Waals surface area contributed by atoms with Gasteiger partial charge in [-0.25, -0.2) is 17.9 Å². The Labute approximate surface area is 199 Å². The van der Waals surface area contributed by atoms with Crippen LogP contribution in [0.2, 0.25) is 0 Å². The number of nitrogens with zero attached hydrogens (tertiary/aromatic N) is 1. The largest absolute Gasteiger partial charge is 0.497 e. The summed E-state index contributed by atoms with van der Waals surface area (Å²) in [5.74, 6) is -0.291. The Kier molecular flexibility index (Phi) is 7.90. The molecule has 0 saturated heterocycles. The number of benzene rings is 2. The molecule has 1 aromatic heterocycles. The molecule has 8 nitrogen and oxygen atoms in total. The van der Waals surface area contributed by atoms with Crippen molar-refractivity contribution in [3.05, 3.63) is 82.7 Å². The van der Waals surface area contributed by atoms with Gasteiger partial charge in [-0.05, 0) is 69.3 Å². The molecule has 0 amide bonds. The number of carbonyl (C=O) groups is 2. The first kappa shape index (κ1) is 25.2. The fourth-order valence-corrected chi connectivity index (χ4v) is 4.44. The zero-order valence-electron chi connectivity index (χ0n) is 19.6. The molecule has 0 fully saturated rings. The van der Waals surface area contributed by atoms with E-state index in [9.17, 15) is 18.0 Å². The van der Waals surface area contributed by atoms with Crippen molar-refractivity contribution in [1.29, 1.82) is 0 Å². The summed E-state index contributed by atoms with van der Waals surface area (Å²) in [6, 6.07) is 15.1. The normalized spacial score (nSPS) is 11.3. The summed E-state index contributed by atoms with van der Waals surface area (Å²) >= 11 is 0. The van der Waals surface area contributed by atoms with Crippen molar-refractivity contribution >= 4 is 21.8 Å². The van der Waals surface area contributed by atoms with E-state index >= 15 is 0 Å². The van der Waals surface area contributed by atoms with Gasteiger partial charge in [0.05, 0.1) is 17.6 Å². The Morgan fingerprint density at radius 2 is 1.74 bits per heavy atom. The van der Waals surface area contributed by atoms with E-state index in [1.807, 2.05) is 38.1 Å². The first-order chi connectivity index (χ1) is 16.2. The average Bonchev–Trinajstić information content (AvgIpc) is 3.14. The molecule has 1 heterocycles. The Morgan fingerprint density at radius 3 is 2.38 bits per heavy atom. The summed E-state index contributed by atoms with van der Waals surface area (Å²) in [7, 11) is -0.787. The molecule has 9 heteroatoms. The van der Waals surface area contributed by atoms with Gasteiger partial charge in [0.1, 0.15) is 5.75 Å². The monoisotopic (exact) mass is 484 g/mol. The minimum Gasteiger partial charge on any atom is -0.497 e. The predicted octanol–water partition coefficient (Wildman–Crippen LogP) is 3.30. The molecule has 0 spiro atoms. The number of esters is 1. The number of hydrogen-bond acceptors (Lipinski definition) is 6. The Balaban J connectivity index is 1.65. The van der Waals surface area contributed by atoms with Crippen LogP contribution in [0.15, 0.2) is 59.5 Å². The topological polar surface area (TPSA) is 104 Å². The highest BCUT2D eigenvalue weighted by Gasteiger charge is 2.19. The van der Waals surface area contributed by atoms with Gasteiger partial charge in [0.2, 0.25) is 15.8 Å². The Morgan fingerprint density at radius 1 is 1.03 bits per heavy atom. The van der Waals surface area contributed by atoms with Gasteiger partial charge in [-0.2, -0.15) is 0 Å². The molecule has 34 heavy (non-hydrogen) atoms. The quantitative estimate of drug-likeness (QED) is 0.350. The number of aryl methyl sites for hydroxylation is 2. The number of aromatic nitrogens is 1. The lowest BCUT2D eigenvalue weighted by atomic mass is 10.1. The second-order valence-corrected chi connectivity index (χ2v) is 9.66. The van der Waals surface area contributed by atoms with Crippen LogP contribution in [-0.4, -0.2) is 45.5 Å². The fourth-order valence-electron chi connectivity index (χ4n) is 3.66. The van der Waals surface area contributed by atoms with Crippen molar-refractivity contribution in [3.63, 3.8) is 0 Å². The standard InChI is InChI=1S/C25H28N2O6S/c1-17-14-23(18(2)27(17)13-12-19-8-10-21(32-4)11-9-19)24(28)16-33-25(29)20-6-5-7-22(15-20)34(30,31)26-3/h5-11,14-15,26H,12-13,16H2,1-4H3. The van der Waals surface area contributed by atoms with Crippen LogP contribution in [0.5, 0.6) is 5.75 Å². The van der Waals surface area contributed by atoms with E-state index < -0.39 is 22.6 Å². The van der Waals surface area contributed by atoms with E-state index in [0.29, 0.717) is 12.1 Å². The molecule has 3 aromatic rings. The van der Waals surface area contributed by atoms with Gasteiger partial charge >= 0.3 is 5.97 Å². The van der Waals surface area contributed by atoms with E-state index in [0.717, 1.165) is 29.1 Å². The van der Waals surface area contributed by atoms with Gasteiger partial charge in [0.15, 0.2) is 6.61 Å².